The van der Waals surface area contributed by atoms with E-state index in [0.717, 1.165) is 0 Å². The molecule has 0 atom stereocenters. The van der Waals surface area contributed by atoms with Crippen LogP contribution in [-0.2, 0) is 19.5 Å². The zero-order valence-corrected chi connectivity index (χ0v) is 29.6. The highest BCUT2D eigenvalue weighted by molar-refractivity contribution is 4.84. The molecular formula is C40H79N2+. The van der Waals surface area contributed by atoms with Gasteiger partial charge in [0.05, 0.1) is 13.1 Å². The van der Waals surface area contributed by atoms with Crippen molar-refractivity contribution in [3.05, 3.63) is 18.2 Å². The van der Waals surface area contributed by atoms with Gasteiger partial charge in [-0.15, -0.1) is 0 Å². The van der Waals surface area contributed by atoms with E-state index in [4.69, 9.17) is 0 Å². The normalized spacial score (nSPS) is 11.6. The summed E-state index contributed by atoms with van der Waals surface area (Å²) in [7, 11) is 0. The van der Waals surface area contributed by atoms with Crippen molar-refractivity contribution in [2.45, 2.75) is 239 Å². The molecule has 0 saturated carbocycles. The Hall–Kier alpha value is -0.790. The van der Waals surface area contributed by atoms with Crippen LogP contribution in [0.5, 0.6) is 0 Å². The second-order valence-corrected chi connectivity index (χ2v) is 13.8. The number of unbranched alkanes of at least 4 members (excludes halogenated alkanes) is 28. The maximum Gasteiger partial charge on any atom is 0.256 e. The summed E-state index contributed by atoms with van der Waals surface area (Å²) >= 11 is 0. The molecule has 0 aliphatic heterocycles. The Kier molecular flexibility index (Phi) is 29.5. The van der Waals surface area contributed by atoms with E-state index in [-0.39, 0.29) is 0 Å². The van der Waals surface area contributed by atoms with E-state index in [1.54, 1.807) is 5.82 Å². The quantitative estimate of drug-likeness (QED) is 0.0560. The SMILES string of the molecule is CCCCCCCCCCCCCCCCCC[n+]1ccn(CCCCCCCCCCCCCCCC)c1CCC. The van der Waals surface area contributed by atoms with E-state index in [1.807, 2.05) is 0 Å². The van der Waals surface area contributed by atoms with Gasteiger partial charge in [0.15, 0.2) is 0 Å². The molecule has 1 rings (SSSR count). The van der Waals surface area contributed by atoms with Crippen LogP contribution in [0.15, 0.2) is 12.4 Å². The molecule has 0 unspecified atom stereocenters. The molecule has 248 valence electrons. The van der Waals surface area contributed by atoms with Crippen LogP contribution >= 0.6 is 0 Å². The zero-order valence-electron chi connectivity index (χ0n) is 29.6. The topological polar surface area (TPSA) is 8.81 Å². The van der Waals surface area contributed by atoms with Crippen molar-refractivity contribution in [2.75, 3.05) is 0 Å². The van der Waals surface area contributed by atoms with Gasteiger partial charge in [0.2, 0.25) is 0 Å². The summed E-state index contributed by atoms with van der Waals surface area (Å²) in [5.41, 5.74) is 0. The molecule has 42 heavy (non-hydrogen) atoms. The van der Waals surface area contributed by atoms with Crippen molar-refractivity contribution in [3.8, 4) is 0 Å². The third-order valence-electron chi connectivity index (χ3n) is 9.57. The largest absolute Gasteiger partial charge is 0.256 e. The molecule has 1 aromatic rings. The van der Waals surface area contributed by atoms with E-state index < -0.39 is 0 Å². The zero-order chi connectivity index (χ0) is 30.2. The summed E-state index contributed by atoms with van der Waals surface area (Å²) in [6.45, 7) is 9.40. The number of aromatic nitrogens is 2. The van der Waals surface area contributed by atoms with Crippen molar-refractivity contribution in [2.24, 2.45) is 0 Å². The summed E-state index contributed by atoms with van der Waals surface area (Å²) < 4.78 is 5.16. The number of hydrogen-bond donors (Lipinski definition) is 0. The predicted octanol–water partition coefficient (Wildman–Crippen LogP) is 13.5. The standard InChI is InChI=1S/C40H79N2/c1-4-7-9-11-13-15-17-19-21-22-24-26-28-30-32-34-37-42-39-38-41(40(42)35-6-3)36-33-31-29-27-25-23-20-18-16-14-12-10-8-5-2/h38-39H,4-37H2,1-3H3/q+1. The van der Waals surface area contributed by atoms with Crippen LogP contribution in [0.4, 0.5) is 0 Å². The highest BCUT2D eigenvalue weighted by atomic mass is 15.1. The minimum absolute atomic E-state index is 1.22. The second kappa shape index (κ2) is 31.6. The van der Waals surface area contributed by atoms with Crippen LogP contribution in [0.3, 0.4) is 0 Å². The summed E-state index contributed by atoms with van der Waals surface area (Å²) in [6, 6.07) is 0. The molecule has 0 aliphatic carbocycles. The smallest absolute Gasteiger partial charge is 0.234 e. The minimum Gasteiger partial charge on any atom is -0.234 e. The van der Waals surface area contributed by atoms with E-state index >= 15 is 0 Å². The molecule has 0 spiro atoms. The number of rotatable bonds is 34. The fourth-order valence-electron chi connectivity index (χ4n) is 6.72. The summed E-state index contributed by atoms with van der Waals surface area (Å²) in [5.74, 6) is 1.58. The van der Waals surface area contributed by atoms with Crippen LogP contribution in [0.1, 0.15) is 226 Å². The first-order valence-electron chi connectivity index (χ1n) is 19.9. The van der Waals surface area contributed by atoms with Crippen LogP contribution in [0.2, 0.25) is 0 Å². The third kappa shape index (κ3) is 23.6. The fourth-order valence-corrected chi connectivity index (χ4v) is 6.72. The Labute approximate surface area is 266 Å². The Balaban J connectivity index is 1.98. The molecule has 0 amide bonds. The number of hydrogen-bond acceptors (Lipinski definition) is 0. The summed E-state index contributed by atoms with van der Waals surface area (Å²) in [6.07, 6.45) is 50.5. The molecule has 0 radical (unpaired) electrons. The van der Waals surface area contributed by atoms with Crippen LogP contribution < -0.4 is 4.57 Å². The summed E-state index contributed by atoms with van der Waals surface area (Å²) in [4.78, 5) is 0. The van der Waals surface area contributed by atoms with Gasteiger partial charge in [0.1, 0.15) is 12.4 Å². The Morgan fingerprint density at radius 3 is 1.10 bits per heavy atom. The molecule has 0 N–H and O–H groups in total. The lowest BCUT2D eigenvalue weighted by Gasteiger charge is -2.06. The first-order chi connectivity index (χ1) is 20.8. The van der Waals surface area contributed by atoms with E-state index in [0.29, 0.717) is 0 Å². The second-order valence-electron chi connectivity index (χ2n) is 13.8. The molecule has 2 nitrogen and oxygen atoms in total. The van der Waals surface area contributed by atoms with Gasteiger partial charge in [-0.05, 0) is 32.1 Å². The van der Waals surface area contributed by atoms with Gasteiger partial charge in [0.25, 0.3) is 5.82 Å². The maximum absolute atomic E-state index is 2.58. The maximum atomic E-state index is 2.58. The van der Waals surface area contributed by atoms with E-state index in [1.165, 1.54) is 219 Å². The van der Waals surface area contributed by atoms with E-state index in [2.05, 4.69) is 42.3 Å². The monoisotopic (exact) mass is 588 g/mol. The highest BCUT2D eigenvalue weighted by Gasteiger charge is 2.15. The lowest BCUT2D eigenvalue weighted by Crippen LogP contribution is -2.37. The molecule has 1 heterocycles. The van der Waals surface area contributed by atoms with Gasteiger partial charge in [-0.25, -0.2) is 9.13 Å². The molecule has 1 aromatic heterocycles. The minimum atomic E-state index is 1.22. The Bertz CT molecular complexity index is 648. The van der Waals surface area contributed by atoms with Crippen molar-refractivity contribution in [1.29, 1.82) is 0 Å². The molecule has 0 fully saturated rings. The van der Waals surface area contributed by atoms with Crippen LogP contribution in [-0.4, -0.2) is 4.57 Å². The molecule has 0 saturated heterocycles. The molecular weight excluding hydrogens is 508 g/mol. The summed E-state index contributed by atoms with van der Waals surface area (Å²) in [5, 5.41) is 0. The van der Waals surface area contributed by atoms with E-state index in [9.17, 15) is 0 Å². The van der Waals surface area contributed by atoms with Crippen molar-refractivity contribution in [3.63, 3.8) is 0 Å². The number of imidazole rings is 1. The highest BCUT2D eigenvalue weighted by Crippen LogP contribution is 2.15. The van der Waals surface area contributed by atoms with Gasteiger partial charge in [-0.3, -0.25) is 0 Å². The van der Waals surface area contributed by atoms with Gasteiger partial charge in [-0.2, -0.15) is 0 Å². The van der Waals surface area contributed by atoms with Gasteiger partial charge >= 0.3 is 0 Å². The molecule has 2 heteroatoms. The average molecular weight is 588 g/mol. The van der Waals surface area contributed by atoms with Crippen molar-refractivity contribution in [1.82, 2.24) is 4.57 Å². The lowest BCUT2D eigenvalue weighted by molar-refractivity contribution is -0.704. The van der Waals surface area contributed by atoms with Gasteiger partial charge in [0, 0.05) is 6.42 Å². The predicted molar refractivity (Wildman–Crippen MR) is 188 cm³/mol. The lowest BCUT2D eigenvalue weighted by atomic mass is 10.0. The molecule has 0 aromatic carbocycles. The Morgan fingerprint density at radius 1 is 0.405 bits per heavy atom. The molecule has 0 bridgehead atoms. The van der Waals surface area contributed by atoms with Crippen LogP contribution in [0, 0.1) is 0 Å². The fraction of sp³-hybridized carbons (Fsp3) is 0.925. The Morgan fingerprint density at radius 2 is 0.738 bits per heavy atom. The number of nitrogens with zero attached hydrogens (tertiary/aromatic N) is 2. The van der Waals surface area contributed by atoms with Crippen molar-refractivity contribution < 1.29 is 4.57 Å². The molecule has 0 aliphatic rings. The van der Waals surface area contributed by atoms with Crippen LogP contribution in [0.25, 0.3) is 0 Å². The first kappa shape index (κ1) is 39.2. The van der Waals surface area contributed by atoms with Gasteiger partial charge in [-0.1, -0.05) is 188 Å². The first-order valence-corrected chi connectivity index (χ1v) is 19.9. The average Bonchev–Trinajstić information content (AvgIpc) is 3.38. The number of aryl methyl sites for hydroxylation is 2. The van der Waals surface area contributed by atoms with Gasteiger partial charge < -0.3 is 0 Å². The third-order valence-corrected chi connectivity index (χ3v) is 9.57. The van der Waals surface area contributed by atoms with Crippen molar-refractivity contribution >= 4 is 0 Å².